The molecular formula is C15H26O. The minimum Gasteiger partial charge on any atom is -0.385 e. The minimum absolute atomic E-state index is 0.257. The van der Waals surface area contributed by atoms with Crippen LogP contribution in [0.25, 0.3) is 0 Å². The average Bonchev–Trinajstić information content (AvgIpc) is 2.46. The van der Waals surface area contributed by atoms with Crippen LogP contribution < -0.4 is 0 Å². The zero-order valence-corrected chi connectivity index (χ0v) is 11.2. The molecule has 2 saturated carbocycles. The van der Waals surface area contributed by atoms with Gasteiger partial charge in [0.25, 0.3) is 0 Å². The largest absolute Gasteiger partial charge is 0.385 e. The third-order valence-corrected chi connectivity index (χ3v) is 5.07. The maximum Gasteiger partial charge on any atom is 0.0887 e. The second kappa shape index (κ2) is 3.60. The molecule has 1 N–H and O–H groups in total. The van der Waals surface area contributed by atoms with Gasteiger partial charge in [0.05, 0.1) is 5.60 Å². The summed E-state index contributed by atoms with van der Waals surface area (Å²) in [5, 5.41) is 11.0. The first kappa shape index (κ1) is 12.2. The van der Waals surface area contributed by atoms with Gasteiger partial charge in [-0.25, -0.2) is 0 Å². The molecule has 0 heterocycles. The summed E-state index contributed by atoms with van der Waals surface area (Å²) >= 11 is 0. The monoisotopic (exact) mass is 222 g/mol. The first-order chi connectivity index (χ1) is 7.26. The number of rotatable bonds is 1. The molecule has 0 amide bonds. The van der Waals surface area contributed by atoms with Crippen LogP contribution in [0.1, 0.15) is 53.4 Å². The van der Waals surface area contributed by atoms with Crippen molar-refractivity contribution < 1.29 is 5.11 Å². The minimum atomic E-state index is -0.600. The van der Waals surface area contributed by atoms with Gasteiger partial charge in [0, 0.05) is 0 Å². The summed E-state index contributed by atoms with van der Waals surface area (Å²) in [7, 11) is 0. The van der Waals surface area contributed by atoms with Crippen molar-refractivity contribution in [3.05, 3.63) is 12.2 Å². The topological polar surface area (TPSA) is 20.2 Å². The summed E-state index contributed by atoms with van der Waals surface area (Å²) in [6, 6.07) is 0. The molecule has 2 fully saturated rings. The Morgan fingerprint density at radius 1 is 1.31 bits per heavy atom. The Balaban J connectivity index is 2.35. The van der Waals surface area contributed by atoms with Crippen LogP contribution >= 0.6 is 0 Å². The van der Waals surface area contributed by atoms with Crippen molar-refractivity contribution in [2.45, 2.75) is 59.0 Å². The maximum atomic E-state index is 11.0. The van der Waals surface area contributed by atoms with E-state index in [2.05, 4.69) is 27.4 Å². The van der Waals surface area contributed by atoms with Gasteiger partial charge >= 0.3 is 0 Å². The zero-order chi connectivity index (χ0) is 12.1. The van der Waals surface area contributed by atoms with Gasteiger partial charge in [-0.3, -0.25) is 0 Å². The lowest BCUT2D eigenvalue weighted by atomic mass is 9.58. The molecule has 1 nitrogen and oxygen atoms in total. The molecule has 0 bridgehead atoms. The van der Waals surface area contributed by atoms with E-state index >= 15 is 0 Å². The normalized spacial score (nSPS) is 46.4. The molecule has 0 unspecified atom stereocenters. The lowest BCUT2D eigenvalue weighted by molar-refractivity contribution is -0.0817. The SMILES string of the molecule is C=C(C)[C@]1(O)CC(C)(C)C[C@H]2[C@H](C)CC[C@H]21. The first-order valence-corrected chi connectivity index (χ1v) is 6.65. The molecule has 0 aromatic carbocycles. The molecule has 16 heavy (non-hydrogen) atoms. The quantitative estimate of drug-likeness (QED) is 0.669. The summed E-state index contributed by atoms with van der Waals surface area (Å²) < 4.78 is 0. The van der Waals surface area contributed by atoms with Gasteiger partial charge in [-0.05, 0) is 54.9 Å². The molecule has 0 radical (unpaired) electrons. The second-order valence-corrected chi connectivity index (χ2v) is 7.07. The summed E-state index contributed by atoms with van der Waals surface area (Å²) in [5.41, 5.74) is 0.634. The van der Waals surface area contributed by atoms with Gasteiger partial charge in [0.2, 0.25) is 0 Å². The van der Waals surface area contributed by atoms with Crippen molar-refractivity contribution in [1.29, 1.82) is 0 Å². The molecule has 0 aromatic heterocycles. The van der Waals surface area contributed by atoms with Crippen LogP contribution in [-0.4, -0.2) is 10.7 Å². The van der Waals surface area contributed by atoms with E-state index in [1.165, 1.54) is 19.3 Å². The van der Waals surface area contributed by atoms with Gasteiger partial charge in [0.15, 0.2) is 0 Å². The highest BCUT2D eigenvalue weighted by Gasteiger charge is 2.54. The molecule has 4 atom stereocenters. The van der Waals surface area contributed by atoms with Crippen molar-refractivity contribution >= 4 is 0 Å². The number of hydrogen-bond acceptors (Lipinski definition) is 1. The predicted octanol–water partition coefficient (Wildman–Crippen LogP) is 3.78. The van der Waals surface area contributed by atoms with Crippen molar-refractivity contribution in [1.82, 2.24) is 0 Å². The lowest BCUT2D eigenvalue weighted by Crippen LogP contribution is -2.50. The maximum absolute atomic E-state index is 11.0. The Morgan fingerprint density at radius 2 is 1.94 bits per heavy atom. The van der Waals surface area contributed by atoms with Crippen LogP contribution in [0.5, 0.6) is 0 Å². The van der Waals surface area contributed by atoms with Crippen molar-refractivity contribution in [3.63, 3.8) is 0 Å². The van der Waals surface area contributed by atoms with E-state index in [9.17, 15) is 5.11 Å². The summed E-state index contributed by atoms with van der Waals surface area (Å²) in [6.07, 6.45) is 4.63. The van der Waals surface area contributed by atoms with E-state index in [1.807, 2.05) is 6.92 Å². The van der Waals surface area contributed by atoms with Crippen LogP contribution in [0.3, 0.4) is 0 Å². The number of fused-ring (bicyclic) bond motifs is 1. The molecular weight excluding hydrogens is 196 g/mol. The molecule has 0 aliphatic heterocycles. The second-order valence-electron chi connectivity index (χ2n) is 7.07. The molecule has 1 heteroatoms. The van der Waals surface area contributed by atoms with Gasteiger partial charge in [-0.2, -0.15) is 0 Å². The molecule has 0 spiro atoms. The third-order valence-electron chi connectivity index (χ3n) is 5.07. The van der Waals surface area contributed by atoms with Crippen LogP contribution in [0.2, 0.25) is 0 Å². The summed E-state index contributed by atoms with van der Waals surface area (Å²) in [6.45, 7) is 13.0. The highest BCUT2D eigenvalue weighted by molar-refractivity contribution is 5.18. The summed E-state index contributed by atoms with van der Waals surface area (Å²) in [4.78, 5) is 0. The molecule has 2 aliphatic carbocycles. The van der Waals surface area contributed by atoms with E-state index < -0.39 is 5.60 Å². The van der Waals surface area contributed by atoms with Crippen LogP contribution in [-0.2, 0) is 0 Å². The van der Waals surface area contributed by atoms with Crippen molar-refractivity contribution in [2.24, 2.45) is 23.2 Å². The van der Waals surface area contributed by atoms with Gasteiger partial charge in [-0.1, -0.05) is 33.8 Å². The lowest BCUT2D eigenvalue weighted by Gasteiger charge is -2.50. The third kappa shape index (κ3) is 1.73. The molecule has 0 aromatic rings. The van der Waals surface area contributed by atoms with Crippen LogP contribution in [0.4, 0.5) is 0 Å². The first-order valence-electron chi connectivity index (χ1n) is 6.65. The van der Waals surface area contributed by atoms with E-state index in [4.69, 9.17) is 0 Å². The molecule has 2 aliphatic rings. The zero-order valence-electron chi connectivity index (χ0n) is 11.2. The van der Waals surface area contributed by atoms with Gasteiger partial charge in [0.1, 0.15) is 0 Å². The Kier molecular flexibility index (Phi) is 2.73. The smallest absolute Gasteiger partial charge is 0.0887 e. The highest BCUT2D eigenvalue weighted by Crippen LogP contribution is 2.57. The van der Waals surface area contributed by atoms with Crippen LogP contribution in [0, 0.1) is 23.2 Å². The predicted molar refractivity (Wildman–Crippen MR) is 68.2 cm³/mol. The number of aliphatic hydroxyl groups is 1. The standard InChI is InChI=1S/C15H26O/c1-10(2)15(16)9-14(4,5)8-12-11(3)6-7-13(12)15/h11-13,16H,1,6-9H2,2-5H3/t11-,12+,13-,15-/m1/s1. The van der Waals surface area contributed by atoms with E-state index in [1.54, 1.807) is 0 Å². The van der Waals surface area contributed by atoms with E-state index in [-0.39, 0.29) is 5.41 Å². The van der Waals surface area contributed by atoms with Crippen molar-refractivity contribution in [3.8, 4) is 0 Å². The highest BCUT2D eigenvalue weighted by atomic mass is 16.3. The number of hydrogen-bond donors (Lipinski definition) is 1. The molecule has 92 valence electrons. The summed E-state index contributed by atoms with van der Waals surface area (Å²) in [5.74, 6) is 1.94. The van der Waals surface area contributed by atoms with Gasteiger partial charge < -0.3 is 5.11 Å². The Labute approximate surface area is 99.9 Å². The fourth-order valence-corrected chi connectivity index (χ4v) is 4.24. The Bertz CT molecular complexity index is 305. The average molecular weight is 222 g/mol. The Hall–Kier alpha value is -0.300. The molecule has 0 saturated heterocycles. The van der Waals surface area contributed by atoms with Crippen LogP contribution in [0.15, 0.2) is 12.2 Å². The fraction of sp³-hybridized carbons (Fsp3) is 0.867. The van der Waals surface area contributed by atoms with Crippen molar-refractivity contribution in [2.75, 3.05) is 0 Å². The Morgan fingerprint density at radius 3 is 2.50 bits per heavy atom. The van der Waals surface area contributed by atoms with E-state index in [0.717, 1.165) is 17.9 Å². The van der Waals surface area contributed by atoms with Gasteiger partial charge in [-0.15, -0.1) is 0 Å². The fourth-order valence-electron chi connectivity index (χ4n) is 4.24. The van der Waals surface area contributed by atoms with E-state index in [0.29, 0.717) is 11.8 Å². The molecule has 2 rings (SSSR count).